The summed E-state index contributed by atoms with van der Waals surface area (Å²) in [6.07, 6.45) is 5.35. The number of rotatable bonds is 4. The van der Waals surface area contributed by atoms with E-state index in [1.165, 1.54) is 29.9 Å². The predicted molar refractivity (Wildman–Crippen MR) is 70.2 cm³/mol. The topological polar surface area (TPSA) is 92.4 Å². The number of carboxylic acid groups (broad SMARTS) is 1. The molecule has 0 atom stereocenters. The molecule has 0 aliphatic heterocycles. The van der Waals surface area contributed by atoms with Crippen LogP contribution in [0.25, 0.3) is 6.08 Å². The van der Waals surface area contributed by atoms with E-state index in [1.54, 1.807) is 13.0 Å². The molecule has 6 nitrogen and oxygen atoms in total. The van der Waals surface area contributed by atoms with E-state index in [2.05, 4.69) is 10.3 Å². The molecule has 0 bridgehead atoms. The Hall–Kier alpha value is -2.41. The van der Waals surface area contributed by atoms with Gasteiger partial charge in [0, 0.05) is 17.2 Å². The second-order valence-corrected chi connectivity index (χ2v) is 4.65. The number of aryl methyl sites for hydroxylation is 1. The molecule has 19 heavy (non-hydrogen) atoms. The molecule has 0 aliphatic carbocycles. The molecule has 2 heterocycles. The van der Waals surface area contributed by atoms with E-state index in [4.69, 9.17) is 9.52 Å². The van der Waals surface area contributed by atoms with Crippen LogP contribution in [0.2, 0.25) is 0 Å². The van der Waals surface area contributed by atoms with Gasteiger partial charge < -0.3 is 9.52 Å². The number of carbonyl (C=O) groups excluding carboxylic acids is 1. The monoisotopic (exact) mass is 278 g/mol. The lowest BCUT2D eigenvalue weighted by Crippen LogP contribution is -2.11. The fourth-order valence-electron chi connectivity index (χ4n) is 1.36. The largest absolute Gasteiger partial charge is 0.478 e. The van der Waals surface area contributed by atoms with E-state index in [0.717, 1.165) is 6.08 Å². The molecule has 2 rings (SSSR count). The predicted octanol–water partition coefficient (Wildman–Crippen LogP) is 2.39. The number of hydrogen-bond donors (Lipinski definition) is 2. The number of aromatic nitrogens is 1. The van der Waals surface area contributed by atoms with Gasteiger partial charge in [-0.1, -0.05) is 11.3 Å². The van der Waals surface area contributed by atoms with E-state index in [1.807, 2.05) is 0 Å². The van der Waals surface area contributed by atoms with E-state index < -0.39 is 5.97 Å². The quantitative estimate of drug-likeness (QED) is 0.838. The number of hydrogen-bond acceptors (Lipinski definition) is 5. The molecule has 0 spiro atoms. The lowest BCUT2D eigenvalue weighted by Gasteiger charge is -1.98. The third-order valence-electron chi connectivity index (χ3n) is 2.24. The lowest BCUT2D eigenvalue weighted by molar-refractivity contribution is -0.131. The zero-order valence-electron chi connectivity index (χ0n) is 9.91. The van der Waals surface area contributed by atoms with Gasteiger partial charge in [0.25, 0.3) is 5.91 Å². The fourth-order valence-corrected chi connectivity index (χ4v) is 2.07. The van der Waals surface area contributed by atoms with Gasteiger partial charge in [-0.05, 0) is 19.1 Å². The number of carbonyl (C=O) groups is 2. The summed E-state index contributed by atoms with van der Waals surface area (Å²) in [6.45, 7) is 1.69. The van der Waals surface area contributed by atoms with Crippen molar-refractivity contribution in [3.63, 3.8) is 0 Å². The molecule has 0 aromatic carbocycles. The Balaban J connectivity index is 2.06. The highest BCUT2D eigenvalue weighted by molar-refractivity contribution is 7.16. The molecule has 1 amide bonds. The lowest BCUT2D eigenvalue weighted by atomic mass is 10.2. The van der Waals surface area contributed by atoms with Gasteiger partial charge in [-0.15, -0.1) is 0 Å². The SMILES string of the molecule is Cc1occc1C(=O)Nc1ncc(/C=C/C(=O)O)s1. The molecule has 0 saturated carbocycles. The summed E-state index contributed by atoms with van der Waals surface area (Å²) < 4.78 is 5.04. The average molecular weight is 278 g/mol. The number of amides is 1. The van der Waals surface area contributed by atoms with E-state index in [-0.39, 0.29) is 5.91 Å². The van der Waals surface area contributed by atoms with E-state index in [9.17, 15) is 9.59 Å². The molecule has 0 radical (unpaired) electrons. The summed E-state index contributed by atoms with van der Waals surface area (Å²) in [7, 11) is 0. The fraction of sp³-hybridized carbons (Fsp3) is 0.0833. The van der Waals surface area contributed by atoms with Gasteiger partial charge in [0.15, 0.2) is 5.13 Å². The third kappa shape index (κ3) is 3.29. The zero-order valence-corrected chi connectivity index (χ0v) is 10.7. The maximum absolute atomic E-state index is 11.9. The van der Waals surface area contributed by atoms with Gasteiger partial charge in [0.05, 0.1) is 11.8 Å². The smallest absolute Gasteiger partial charge is 0.328 e. The van der Waals surface area contributed by atoms with Crippen molar-refractivity contribution in [2.24, 2.45) is 0 Å². The zero-order chi connectivity index (χ0) is 13.8. The number of aliphatic carboxylic acids is 1. The van der Waals surface area contributed by atoms with Gasteiger partial charge in [-0.3, -0.25) is 10.1 Å². The Morgan fingerprint density at radius 3 is 2.95 bits per heavy atom. The Bertz CT molecular complexity index is 642. The molecule has 7 heteroatoms. The van der Waals surface area contributed by atoms with Crippen LogP contribution in [-0.2, 0) is 4.79 Å². The van der Waals surface area contributed by atoms with E-state index in [0.29, 0.717) is 21.3 Å². The summed E-state index contributed by atoms with van der Waals surface area (Å²) in [5, 5.41) is 11.5. The van der Waals surface area contributed by atoms with Crippen LogP contribution < -0.4 is 5.32 Å². The maximum Gasteiger partial charge on any atom is 0.328 e. The number of anilines is 1. The van der Waals surface area contributed by atoms with Crippen LogP contribution in [0.3, 0.4) is 0 Å². The minimum absolute atomic E-state index is 0.311. The Labute approximate surface area is 112 Å². The van der Waals surface area contributed by atoms with Crippen LogP contribution in [0.1, 0.15) is 21.0 Å². The molecule has 2 N–H and O–H groups in total. The van der Waals surface area contributed by atoms with Gasteiger partial charge in [0.2, 0.25) is 0 Å². The Morgan fingerprint density at radius 2 is 2.32 bits per heavy atom. The minimum atomic E-state index is -1.03. The molecule has 2 aromatic heterocycles. The van der Waals surface area contributed by atoms with Crippen molar-refractivity contribution in [1.29, 1.82) is 0 Å². The molecular weight excluding hydrogens is 268 g/mol. The second kappa shape index (κ2) is 5.49. The molecule has 2 aromatic rings. The van der Waals surface area contributed by atoms with Crippen LogP contribution in [0, 0.1) is 6.92 Å². The Morgan fingerprint density at radius 1 is 1.53 bits per heavy atom. The van der Waals surface area contributed by atoms with Gasteiger partial charge in [-0.25, -0.2) is 9.78 Å². The van der Waals surface area contributed by atoms with Crippen molar-refractivity contribution >= 4 is 34.4 Å². The van der Waals surface area contributed by atoms with E-state index >= 15 is 0 Å². The van der Waals surface area contributed by atoms with Crippen molar-refractivity contribution in [2.45, 2.75) is 6.92 Å². The van der Waals surface area contributed by atoms with Crippen molar-refractivity contribution in [3.8, 4) is 0 Å². The van der Waals surface area contributed by atoms with Gasteiger partial charge >= 0.3 is 5.97 Å². The first kappa shape index (κ1) is 13.0. The number of nitrogens with zero attached hydrogens (tertiary/aromatic N) is 1. The maximum atomic E-state index is 11.9. The summed E-state index contributed by atoms with van der Waals surface area (Å²) >= 11 is 1.18. The first-order chi connectivity index (χ1) is 9.06. The first-order valence-electron chi connectivity index (χ1n) is 5.28. The number of carboxylic acids is 1. The first-order valence-corrected chi connectivity index (χ1v) is 6.10. The molecule has 98 valence electrons. The van der Waals surface area contributed by atoms with Crippen LogP contribution in [0.15, 0.2) is 29.0 Å². The highest BCUT2D eigenvalue weighted by atomic mass is 32.1. The minimum Gasteiger partial charge on any atom is -0.478 e. The molecule has 0 fully saturated rings. The second-order valence-electron chi connectivity index (χ2n) is 3.58. The standard InChI is InChI=1S/C12H10N2O4S/c1-7-9(4-5-18-7)11(17)14-12-13-6-8(19-12)2-3-10(15)16/h2-6H,1H3,(H,15,16)(H,13,14,17)/b3-2+. The highest BCUT2D eigenvalue weighted by Crippen LogP contribution is 2.20. The van der Waals surface area contributed by atoms with Crippen molar-refractivity contribution in [2.75, 3.05) is 5.32 Å². The van der Waals surface area contributed by atoms with Crippen molar-refractivity contribution in [3.05, 3.63) is 40.8 Å². The number of furan rings is 1. The summed E-state index contributed by atoms with van der Waals surface area (Å²) in [4.78, 5) is 26.8. The highest BCUT2D eigenvalue weighted by Gasteiger charge is 2.12. The summed E-state index contributed by atoms with van der Waals surface area (Å²) in [5.41, 5.74) is 0.442. The summed E-state index contributed by atoms with van der Waals surface area (Å²) in [5.74, 6) is -0.817. The van der Waals surface area contributed by atoms with Crippen LogP contribution in [-0.4, -0.2) is 22.0 Å². The normalized spacial score (nSPS) is 10.8. The third-order valence-corrected chi connectivity index (χ3v) is 3.12. The number of nitrogens with one attached hydrogen (secondary N) is 1. The number of thiazole rings is 1. The molecule has 0 aliphatic rings. The van der Waals surface area contributed by atoms with Gasteiger partial charge in [0.1, 0.15) is 5.76 Å². The molecule has 0 unspecified atom stereocenters. The van der Waals surface area contributed by atoms with Crippen LogP contribution >= 0.6 is 11.3 Å². The van der Waals surface area contributed by atoms with Crippen LogP contribution in [0.4, 0.5) is 5.13 Å². The summed E-state index contributed by atoms with van der Waals surface area (Å²) in [6, 6.07) is 1.57. The average Bonchev–Trinajstić information content (AvgIpc) is 2.95. The van der Waals surface area contributed by atoms with Gasteiger partial charge in [-0.2, -0.15) is 0 Å². The molecular formula is C12H10N2O4S. The Kier molecular flexibility index (Phi) is 3.76. The van der Waals surface area contributed by atoms with Crippen molar-refractivity contribution < 1.29 is 19.1 Å². The molecule has 0 saturated heterocycles. The van der Waals surface area contributed by atoms with Crippen LogP contribution in [0.5, 0.6) is 0 Å². The van der Waals surface area contributed by atoms with Crippen molar-refractivity contribution in [1.82, 2.24) is 4.98 Å².